The minimum absolute atomic E-state index is 0.0237. The number of nitrogens with one attached hydrogen (secondary N) is 4. The quantitative estimate of drug-likeness (QED) is 0.240. The number of benzene rings is 1. The number of hydrogen-bond donors (Lipinski definition) is 4. The van der Waals surface area contributed by atoms with Gasteiger partial charge in [-0.1, -0.05) is 11.8 Å². The van der Waals surface area contributed by atoms with E-state index < -0.39 is 5.51 Å². The Hall–Kier alpha value is -3.49. The molecule has 206 valence electrons. The molecule has 11 heteroatoms. The fourth-order valence-electron chi connectivity index (χ4n) is 5.36. The highest BCUT2D eigenvalue weighted by atomic mass is 32.2. The number of rotatable bonds is 7. The normalized spacial score (nSPS) is 20.3. The van der Waals surface area contributed by atoms with Crippen LogP contribution in [0.2, 0.25) is 0 Å². The van der Waals surface area contributed by atoms with Crippen molar-refractivity contribution in [2.45, 2.75) is 54.3 Å². The van der Waals surface area contributed by atoms with Gasteiger partial charge in [-0.15, -0.1) is 0 Å². The summed E-state index contributed by atoms with van der Waals surface area (Å²) >= 11 is -0.166. The van der Waals surface area contributed by atoms with E-state index in [-0.39, 0.29) is 35.3 Å². The molecule has 7 nitrogen and oxygen atoms in total. The molecule has 0 spiro atoms. The Morgan fingerprint density at radius 1 is 1.18 bits per heavy atom. The maximum absolute atomic E-state index is 13.5. The van der Waals surface area contributed by atoms with Gasteiger partial charge in [-0.2, -0.15) is 13.2 Å². The molecule has 2 saturated heterocycles. The second-order valence-electron chi connectivity index (χ2n) is 9.61. The van der Waals surface area contributed by atoms with Crippen molar-refractivity contribution in [2.75, 3.05) is 31.3 Å². The smallest absolute Gasteiger partial charge is 0.447 e. The lowest BCUT2D eigenvalue weighted by Crippen LogP contribution is -2.47. The van der Waals surface area contributed by atoms with Crippen LogP contribution in [-0.4, -0.2) is 54.6 Å². The van der Waals surface area contributed by atoms with E-state index >= 15 is 0 Å². The maximum atomic E-state index is 13.5. The van der Waals surface area contributed by atoms with Crippen LogP contribution in [0.15, 0.2) is 47.6 Å². The Balaban J connectivity index is 1.41. The zero-order valence-electron chi connectivity index (χ0n) is 21.6. The summed E-state index contributed by atoms with van der Waals surface area (Å²) in [5.74, 6) is 6.13. The number of piperidine rings is 1. The number of aromatic nitrogens is 1. The van der Waals surface area contributed by atoms with Gasteiger partial charge < -0.3 is 30.4 Å². The zero-order chi connectivity index (χ0) is 27.6. The molecule has 0 unspecified atom stereocenters. The molecule has 4 heterocycles. The third kappa shape index (κ3) is 6.07. The lowest BCUT2D eigenvalue weighted by molar-refractivity contribution is -0.0329. The first-order chi connectivity index (χ1) is 18.8. The molecule has 0 radical (unpaired) electrons. The predicted octanol–water partition coefficient (Wildman–Crippen LogP) is 5.08. The Kier molecular flexibility index (Phi) is 7.86. The summed E-state index contributed by atoms with van der Waals surface area (Å²) in [6.07, 6.45) is 6.02. The monoisotopic (exact) mass is 557 g/mol. The molecule has 2 aliphatic heterocycles. The lowest BCUT2D eigenvalue weighted by Gasteiger charge is -2.31. The van der Waals surface area contributed by atoms with Gasteiger partial charge in [-0.3, -0.25) is 4.79 Å². The van der Waals surface area contributed by atoms with E-state index in [0.29, 0.717) is 40.2 Å². The van der Waals surface area contributed by atoms with Crippen molar-refractivity contribution in [2.24, 2.45) is 0 Å². The number of ether oxygens (including phenoxy) is 1. The Morgan fingerprint density at radius 2 is 2.00 bits per heavy atom. The number of fused-ring (bicyclic) bond motifs is 3. The number of methoxy groups -OCH3 is 1. The van der Waals surface area contributed by atoms with Gasteiger partial charge in [0, 0.05) is 48.7 Å². The number of thioether (sulfide) groups is 1. The highest BCUT2D eigenvalue weighted by Gasteiger charge is 2.36. The first kappa shape index (κ1) is 27.1. The number of halogens is 3. The average Bonchev–Trinajstić information content (AvgIpc) is 3.47. The van der Waals surface area contributed by atoms with E-state index in [1.54, 1.807) is 48.0 Å². The summed E-state index contributed by atoms with van der Waals surface area (Å²) in [4.78, 5) is 12.0. The molecule has 4 N–H and O–H groups in total. The van der Waals surface area contributed by atoms with Gasteiger partial charge >= 0.3 is 5.51 Å². The molecule has 3 atom stereocenters. The highest BCUT2D eigenvalue weighted by molar-refractivity contribution is 8.00. The van der Waals surface area contributed by atoms with E-state index in [0.717, 1.165) is 24.9 Å². The lowest BCUT2D eigenvalue weighted by atomic mass is 9.99. The molecule has 2 aliphatic rings. The van der Waals surface area contributed by atoms with Crippen molar-refractivity contribution in [1.29, 1.82) is 0 Å². The van der Waals surface area contributed by atoms with Crippen molar-refractivity contribution >= 4 is 34.6 Å². The number of anilines is 2. The summed E-state index contributed by atoms with van der Waals surface area (Å²) in [5.41, 5.74) is -1.73. The molecular weight excluding hydrogens is 527 g/mol. The van der Waals surface area contributed by atoms with Gasteiger partial charge in [-0.05, 0) is 62.1 Å². The Bertz CT molecular complexity index is 1430. The molecule has 0 aliphatic carbocycles. The van der Waals surface area contributed by atoms with E-state index in [9.17, 15) is 18.0 Å². The van der Waals surface area contributed by atoms with E-state index in [2.05, 4.69) is 33.1 Å². The third-order valence-electron chi connectivity index (χ3n) is 7.18. The van der Waals surface area contributed by atoms with Crippen LogP contribution >= 0.6 is 11.8 Å². The van der Waals surface area contributed by atoms with Crippen LogP contribution in [0, 0.1) is 11.8 Å². The van der Waals surface area contributed by atoms with Crippen LogP contribution in [0.1, 0.15) is 41.6 Å². The second kappa shape index (κ2) is 11.3. The van der Waals surface area contributed by atoms with Crippen LogP contribution in [0.4, 0.5) is 24.5 Å². The van der Waals surface area contributed by atoms with E-state index in [1.807, 2.05) is 6.07 Å². The molecule has 39 heavy (non-hydrogen) atoms. The van der Waals surface area contributed by atoms with E-state index in [1.165, 1.54) is 13.5 Å². The van der Waals surface area contributed by atoms with Gasteiger partial charge in [0.05, 0.1) is 36.1 Å². The summed E-state index contributed by atoms with van der Waals surface area (Å²) in [6.45, 7) is 0.136. The number of pyridine rings is 1. The molecule has 1 aromatic carbocycles. The molecule has 1 amide bonds. The fraction of sp³-hybridized carbons (Fsp3) is 0.393. The SMILES string of the molecule is CNC(=O)c1ccc(OC)c(NCC#Cc2cc3c(N[C@@H]4CC[C@@H]5CC[C@H]4N5)cccn3c2SC(F)(F)F)c1. The number of amides is 1. The molecule has 0 saturated carbocycles. The molecule has 3 aromatic rings. The highest BCUT2D eigenvalue weighted by Crippen LogP contribution is 2.41. The van der Waals surface area contributed by atoms with Gasteiger partial charge in [0.15, 0.2) is 0 Å². The fourth-order valence-corrected chi connectivity index (χ4v) is 6.06. The first-order valence-electron chi connectivity index (χ1n) is 12.8. The number of hydrogen-bond acceptors (Lipinski definition) is 6. The summed E-state index contributed by atoms with van der Waals surface area (Å²) in [6, 6.07) is 11.5. The second-order valence-corrected chi connectivity index (χ2v) is 10.7. The van der Waals surface area contributed by atoms with Gasteiger partial charge in [0.25, 0.3) is 5.91 Å². The van der Waals surface area contributed by atoms with Crippen molar-refractivity contribution in [1.82, 2.24) is 15.0 Å². The zero-order valence-corrected chi connectivity index (χ0v) is 22.4. The molecule has 5 rings (SSSR count). The summed E-state index contributed by atoms with van der Waals surface area (Å²) in [5, 5.41) is 12.9. The summed E-state index contributed by atoms with van der Waals surface area (Å²) in [7, 11) is 3.06. The molecule has 2 bridgehead atoms. The van der Waals surface area contributed by atoms with Crippen LogP contribution < -0.4 is 26.0 Å². The third-order valence-corrected chi connectivity index (χ3v) is 8.03. The van der Waals surface area contributed by atoms with Gasteiger partial charge in [0.2, 0.25) is 0 Å². The van der Waals surface area contributed by atoms with Crippen LogP contribution in [0.5, 0.6) is 5.75 Å². The standard InChI is InChI=1S/C28H30F3N5O2S/c1-32-26(37)17-7-12-25(38-2)23(15-17)33-13-3-5-18-16-24-22(35-21-11-9-19-8-10-20(21)34-19)6-4-14-36(24)27(18)39-28(29,30)31/h4,6-7,12,14-16,19-21,33-35H,8-11,13H2,1-2H3,(H,32,37)/t19-,20+,21+/m0/s1. The minimum atomic E-state index is -4.47. The predicted molar refractivity (Wildman–Crippen MR) is 148 cm³/mol. The van der Waals surface area contributed by atoms with Crippen molar-refractivity contribution < 1.29 is 22.7 Å². The number of carbonyl (C=O) groups excluding carboxylic acids is 1. The Morgan fingerprint density at radius 3 is 2.77 bits per heavy atom. The van der Waals surface area contributed by atoms with Crippen molar-refractivity contribution in [3.8, 4) is 17.6 Å². The van der Waals surface area contributed by atoms with Crippen molar-refractivity contribution in [3.63, 3.8) is 0 Å². The van der Waals surface area contributed by atoms with Gasteiger partial charge in [-0.25, -0.2) is 0 Å². The number of nitrogens with zero attached hydrogens (tertiary/aromatic N) is 1. The van der Waals surface area contributed by atoms with Crippen LogP contribution in [-0.2, 0) is 0 Å². The number of carbonyl (C=O) groups is 1. The van der Waals surface area contributed by atoms with Crippen LogP contribution in [0.25, 0.3) is 5.52 Å². The first-order valence-corrected chi connectivity index (χ1v) is 13.6. The topological polar surface area (TPSA) is 78.8 Å². The Labute approximate surface area is 229 Å². The average molecular weight is 558 g/mol. The summed E-state index contributed by atoms with van der Waals surface area (Å²) < 4.78 is 47.5. The minimum Gasteiger partial charge on any atom is -0.495 e. The molecule has 2 aromatic heterocycles. The van der Waals surface area contributed by atoms with Crippen LogP contribution in [0.3, 0.4) is 0 Å². The molecular formula is C28H30F3N5O2S. The maximum Gasteiger partial charge on any atom is 0.447 e. The van der Waals surface area contributed by atoms with Gasteiger partial charge in [0.1, 0.15) is 10.8 Å². The largest absolute Gasteiger partial charge is 0.495 e. The van der Waals surface area contributed by atoms with Crippen molar-refractivity contribution in [3.05, 3.63) is 53.7 Å². The van der Waals surface area contributed by atoms with E-state index in [4.69, 9.17) is 4.74 Å². The molecule has 2 fully saturated rings. The number of alkyl halides is 3.